The molecule has 0 radical (unpaired) electrons. The Morgan fingerprint density at radius 3 is 2.95 bits per heavy atom. The van der Waals surface area contributed by atoms with Gasteiger partial charge in [-0.25, -0.2) is 24.1 Å². The second-order valence-corrected chi connectivity index (χ2v) is 10.2. The molecule has 1 atom stereocenters. The zero-order chi connectivity index (χ0) is 29.1. The second-order valence-electron chi connectivity index (χ2n) is 10.2. The molecule has 0 unspecified atom stereocenters. The van der Waals surface area contributed by atoms with Crippen LogP contribution in [0.4, 0.5) is 16.0 Å². The van der Waals surface area contributed by atoms with E-state index in [0.717, 1.165) is 62.9 Å². The first-order valence-electron chi connectivity index (χ1n) is 14.3. The average molecular weight is 575 g/mol. The lowest BCUT2D eigenvalue weighted by Crippen LogP contribution is -2.37. The summed E-state index contributed by atoms with van der Waals surface area (Å²) in [4.78, 5) is 35.7. The second kappa shape index (κ2) is 14.4. The Bertz CT molecular complexity index is 1480. The Balaban J connectivity index is 1.18. The third kappa shape index (κ3) is 8.06. The Hall–Kier alpha value is -4.45. The van der Waals surface area contributed by atoms with Crippen molar-refractivity contribution < 1.29 is 19.0 Å². The van der Waals surface area contributed by atoms with Crippen LogP contribution in [0.3, 0.4) is 0 Å². The monoisotopic (exact) mass is 574 g/mol. The lowest BCUT2D eigenvalue weighted by atomic mass is 10.1. The molecule has 0 aliphatic carbocycles. The van der Waals surface area contributed by atoms with E-state index in [-0.39, 0.29) is 0 Å². The highest BCUT2D eigenvalue weighted by Gasteiger charge is 2.21. The number of unbranched alkanes of at least 4 members (excludes halogenated alkanes) is 1. The predicted molar refractivity (Wildman–Crippen MR) is 157 cm³/mol. The van der Waals surface area contributed by atoms with Crippen LogP contribution >= 0.6 is 0 Å². The van der Waals surface area contributed by atoms with E-state index in [9.17, 15) is 14.3 Å². The van der Waals surface area contributed by atoms with Gasteiger partial charge >= 0.3 is 5.97 Å². The van der Waals surface area contributed by atoms with Crippen molar-refractivity contribution >= 4 is 28.6 Å². The third-order valence-electron chi connectivity index (χ3n) is 7.20. The van der Waals surface area contributed by atoms with Gasteiger partial charge in [0.15, 0.2) is 5.82 Å². The molecule has 5 heterocycles. The molecule has 1 aliphatic rings. The number of carbonyl (C=O) groups is 1. The molecule has 12 heteroatoms. The summed E-state index contributed by atoms with van der Waals surface area (Å²) in [6.07, 6.45) is 10.8. The van der Waals surface area contributed by atoms with Crippen LogP contribution in [0.5, 0.6) is 5.75 Å². The van der Waals surface area contributed by atoms with Gasteiger partial charge in [0.2, 0.25) is 0 Å². The number of aromatic nitrogens is 5. The van der Waals surface area contributed by atoms with Crippen molar-refractivity contribution in [1.82, 2.24) is 29.8 Å². The topological polar surface area (TPSA) is 138 Å². The fourth-order valence-electron chi connectivity index (χ4n) is 4.98. The van der Waals surface area contributed by atoms with E-state index in [2.05, 4.69) is 47.6 Å². The number of hydrogen-bond acceptors (Lipinski definition) is 10. The zero-order valence-corrected chi connectivity index (χ0v) is 23.4. The van der Waals surface area contributed by atoms with Crippen molar-refractivity contribution in [2.24, 2.45) is 0 Å². The van der Waals surface area contributed by atoms with Crippen LogP contribution in [0.25, 0.3) is 11.0 Å². The van der Waals surface area contributed by atoms with E-state index in [4.69, 9.17) is 9.72 Å². The van der Waals surface area contributed by atoms with Gasteiger partial charge in [0.25, 0.3) is 0 Å². The minimum Gasteiger partial charge on any atom is -0.491 e. The van der Waals surface area contributed by atoms with Crippen molar-refractivity contribution in [1.29, 1.82) is 0 Å². The van der Waals surface area contributed by atoms with Crippen molar-refractivity contribution in [2.45, 2.75) is 44.6 Å². The highest BCUT2D eigenvalue weighted by Crippen LogP contribution is 2.21. The summed E-state index contributed by atoms with van der Waals surface area (Å²) < 4.78 is 19.2. The molecule has 0 fully saturated rings. The SMILES string of the molecule is O=C(O)[C@H](CCN(CCCCc1ccc2c(n1)NCCC2)CCOc1cncc(F)c1)Nc1ncnc2cccnc12. The fraction of sp³-hybridized carbons (Fsp3) is 0.400. The molecular weight excluding hydrogens is 539 g/mol. The Morgan fingerprint density at radius 1 is 1.14 bits per heavy atom. The summed E-state index contributed by atoms with van der Waals surface area (Å²) >= 11 is 0. The van der Waals surface area contributed by atoms with Crippen molar-refractivity contribution in [3.8, 4) is 5.75 Å². The third-order valence-corrected chi connectivity index (χ3v) is 7.20. The Morgan fingerprint density at radius 2 is 2.07 bits per heavy atom. The lowest BCUT2D eigenvalue weighted by molar-refractivity contribution is -0.138. The largest absolute Gasteiger partial charge is 0.491 e. The Kier molecular flexibility index (Phi) is 9.99. The highest BCUT2D eigenvalue weighted by atomic mass is 19.1. The van der Waals surface area contributed by atoms with Gasteiger partial charge in [-0.2, -0.15) is 0 Å². The molecule has 0 saturated heterocycles. The molecule has 0 amide bonds. The van der Waals surface area contributed by atoms with Gasteiger partial charge < -0.3 is 20.5 Å². The molecule has 3 N–H and O–H groups in total. The number of aliphatic carboxylic acids is 1. The molecular formula is C30H35FN8O3. The molecule has 5 rings (SSSR count). The van der Waals surface area contributed by atoms with Crippen LogP contribution in [-0.4, -0.2) is 79.7 Å². The molecule has 0 spiro atoms. The van der Waals surface area contributed by atoms with Crippen LogP contribution < -0.4 is 15.4 Å². The van der Waals surface area contributed by atoms with Crippen LogP contribution in [0.2, 0.25) is 0 Å². The molecule has 4 aromatic rings. The molecule has 0 bridgehead atoms. The fourth-order valence-corrected chi connectivity index (χ4v) is 4.98. The van der Waals surface area contributed by atoms with Gasteiger partial charge in [-0.3, -0.25) is 14.9 Å². The maximum Gasteiger partial charge on any atom is 0.326 e. The summed E-state index contributed by atoms with van der Waals surface area (Å²) in [5.74, 6) is 0.302. The number of carboxylic acids is 1. The van der Waals surface area contributed by atoms with Crippen molar-refractivity contribution in [2.75, 3.05) is 43.4 Å². The maximum atomic E-state index is 13.5. The minimum atomic E-state index is -0.980. The number of rotatable bonds is 15. The Labute approximate surface area is 243 Å². The van der Waals surface area contributed by atoms with E-state index < -0.39 is 17.8 Å². The van der Waals surface area contributed by atoms with Crippen molar-refractivity contribution in [3.05, 3.63) is 72.3 Å². The first-order valence-corrected chi connectivity index (χ1v) is 14.3. The number of hydrogen-bond donors (Lipinski definition) is 3. The standard InChI is InChI=1S/C30H35FN8O3/c31-22-17-24(19-32-18-22)42-16-15-39(13-2-1-6-23-9-8-21-5-3-12-34-28(21)37-23)14-10-26(30(40)41)38-29-27-25(35-20-36-29)7-4-11-33-27/h4,7-9,11,17-20,26H,1-3,5-6,10,12-16H2,(H,34,37)(H,40,41)(H,35,36,38)/t26-/m0/s1. The molecule has 4 aromatic heterocycles. The molecule has 220 valence electrons. The summed E-state index contributed by atoms with van der Waals surface area (Å²) in [6.45, 7) is 3.07. The first kappa shape index (κ1) is 29.1. The maximum absolute atomic E-state index is 13.5. The van der Waals surface area contributed by atoms with Gasteiger partial charge in [0.1, 0.15) is 41.9 Å². The molecule has 1 aliphatic heterocycles. The van der Waals surface area contributed by atoms with Crippen LogP contribution in [0.1, 0.15) is 36.9 Å². The number of nitrogens with zero attached hydrogens (tertiary/aromatic N) is 6. The summed E-state index contributed by atoms with van der Waals surface area (Å²) in [5, 5.41) is 16.4. The number of pyridine rings is 3. The van der Waals surface area contributed by atoms with Gasteiger partial charge in [-0.05, 0) is 68.8 Å². The van der Waals surface area contributed by atoms with Gasteiger partial charge in [-0.1, -0.05) is 6.07 Å². The number of nitrogens with one attached hydrogen (secondary N) is 2. The summed E-state index contributed by atoms with van der Waals surface area (Å²) in [6, 6.07) is 8.27. The van der Waals surface area contributed by atoms with E-state index in [1.54, 1.807) is 18.3 Å². The number of ether oxygens (including phenoxy) is 1. The van der Waals surface area contributed by atoms with E-state index in [1.807, 2.05) is 0 Å². The number of halogens is 1. The predicted octanol–water partition coefficient (Wildman–Crippen LogP) is 3.97. The number of fused-ring (bicyclic) bond motifs is 2. The smallest absolute Gasteiger partial charge is 0.326 e. The van der Waals surface area contributed by atoms with Gasteiger partial charge in [0.05, 0.1) is 17.9 Å². The minimum absolute atomic E-state index is 0.314. The van der Waals surface area contributed by atoms with Crippen LogP contribution in [0, 0.1) is 5.82 Å². The normalized spacial score (nSPS) is 13.4. The first-order chi connectivity index (χ1) is 20.5. The summed E-state index contributed by atoms with van der Waals surface area (Å²) in [5.41, 5.74) is 3.50. The average Bonchev–Trinajstić information content (AvgIpc) is 3.00. The molecule has 42 heavy (non-hydrogen) atoms. The van der Waals surface area contributed by atoms with Crippen molar-refractivity contribution in [3.63, 3.8) is 0 Å². The zero-order valence-electron chi connectivity index (χ0n) is 23.4. The molecule has 0 aromatic carbocycles. The van der Waals surface area contributed by atoms with E-state index >= 15 is 0 Å². The van der Waals surface area contributed by atoms with E-state index in [0.29, 0.717) is 48.7 Å². The number of carboxylic acid groups (broad SMARTS) is 1. The van der Waals surface area contributed by atoms with Gasteiger partial charge in [0, 0.05) is 37.6 Å². The van der Waals surface area contributed by atoms with Crippen LogP contribution in [0.15, 0.2) is 55.2 Å². The quantitative estimate of drug-likeness (QED) is 0.178. The molecule has 11 nitrogen and oxygen atoms in total. The van der Waals surface area contributed by atoms with Crippen LogP contribution in [-0.2, 0) is 17.6 Å². The highest BCUT2D eigenvalue weighted by molar-refractivity contribution is 5.87. The number of aryl methyl sites for hydroxylation is 2. The summed E-state index contributed by atoms with van der Waals surface area (Å²) in [7, 11) is 0. The lowest BCUT2D eigenvalue weighted by Gasteiger charge is -2.25. The van der Waals surface area contributed by atoms with Gasteiger partial charge in [-0.15, -0.1) is 0 Å². The molecule has 0 saturated carbocycles. The number of anilines is 2. The van der Waals surface area contributed by atoms with E-state index in [1.165, 1.54) is 24.2 Å².